The van der Waals surface area contributed by atoms with Gasteiger partial charge < -0.3 is 0 Å². The van der Waals surface area contributed by atoms with Crippen LogP contribution in [0.25, 0.3) is 10.4 Å². The largest absolute Gasteiger partial charge is 0.249 e. The van der Waals surface area contributed by atoms with E-state index in [1.165, 1.54) is 16.1 Å². The number of nitrogens with zero attached hydrogens (tertiary/aromatic N) is 1. The van der Waals surface area contributed by atoms with Gasteiger partial charge in [0.25, 0.3) is 0 Å². The highest BCUT2D eigenvalue weighted by molar-refractivity contribution is 7.13. The molecule has 1 nitrogen and oxygen atoms in total. The molecule has 1 aromatic heterocycles. The Balaban J connectivity index is 2.47. The number of thiazole rings is 1. The molecule has 0 aliphatic heterocycles. The van der Waals surface area contributed by atoms with Gasteiger partial charge in [0.15, 0.2) is 0 Å². The lowest BCUT2D eigenvalue weighted by Crippen LogP contribution is -1.89. The van der Waals surface area contributed by atoms with Crippen LogP contribution in [-0.4, -0.2) is 4.98 Å². The predicted octanol–water partition coefficient (Wildman–Crippen LogP) is 3.93. The monoisotopic (exact) mass is 203 g/mol. The summed E-state index contributed by atoms with van der Waals surface area (Å²) >= 11 is 1.72. The zero-order valence-corrected chi connectivity index (χ0v) is 9.21. The summed E-state index contributed by atoms with van der Waals surface area (Å²) in [6, 6.07) is 10.5. The van der Waals surface area contributed by atoms with Crippen LogP contribution in [0.4, 0.5) is 0 Å². The van der Waals surface area contributed by atoms with Crippen molar-refractivity contribution in [2.75, 3.05) is 0 Å². The van der Waals surface area contributed by atoms with Gasteiger partial charge in [-0.3, -0.25) is 0 Å². The number of aromatic nitrogens is 1. The van der Waals surface area contributed by atoms with Crippen LogP contribution in [0.1, 0.15) is 25.5 Å². The van der Waals surface area contributed by atoms with Crippen LogP contribution in [0.5, 0.6) is 0 Å². The first-order valence-corrected chi connectivity index (χ1v) is 5.66. The molecule has 0 spiro atoms. The van der Waals surface area contributed by atoms with Gasteiger partial charge in [-0.15, -0.1) is 11.3 Å². The van der Waals surface area contributed by atoms with Gasteiger partial charge in [-0.2, -0.15) is 0 Å². The van der Waals surface area contributed by atoms with Crippen molar-refractivity contribution < 1.29 is 0 Å². The third kappa shape index (κ3) is 1.70. The van der Waals surface area contributed by atoms with Gasteiger partial charge in [0.05, 0.1) is 16.1 Å². The Morgan fingerprint density at radius 2 is 1.86 bits per heavy atom. The van der Waals surface area contributed by atoms with Crippen LogP contribution in [0.15, 0.2) is 35.8 Å². The lowest BCUT2D eigenvalue weighted by molar-refractivity contribution is 0.835. The minimum absolute atomic E-state index is 0.497. The molecule has 0 aliphatic rings. The van der Waals surface area contributed by atoms with Gasteiger partial charge in [0, 0.05) is 0 Å². The van der Waals surface area contributed by atoms with Gasteiger partial charge >= 0.3 is 0 Å². The van der Waals surface area contributed by atoms with Crippen molar-refractivity contribution in [2.24, 2.45) is 0 Å². The first kappa shape index (κ1) is 9.41. The molecule has 72 valence electrons. The average molecular weight is 203 g/mol. The van der Waals surface area contributed by atoms with E-state index >= 15 is 0 Å². The molecule has 1 heterocycles. The highest BCUT2D eigenvalue weighted by Crippen LogP contribution is 2.31. The van der Waals surface area contributed by atoms with Gasteiger partial charge in [-0.25, -0.2) is 4.98 Å². The average Bonchev–Trinajstić information content (AvgIpc) is 2.67. The molecule has 14 heavy (non-hydrogen) atoms. The zero-order valence-electron chi connectivity index (χ0n) is 8.40. The quantitative estimate of drug-likeness (QED) is 0.720. The molecule has 0 amide bonds. The molecule has 0 saturated heterocycles. The number of hydrogen-bond donors (Lipinski definition) is 0. The molecule has 2 aromatic rings. The maximum absolute atomic E-state index is 4.41. The molecule has 0 unspecified atom stereocenters. The number of hydrogen-bond acceptors (Lipinski definition) is 2. The highest BCUT2D eigenvalue weighted by Gasteiger charge is 2.10. The van der Waals surface area contributed by atoms with E-state index in [1.807, 2.05) is 11.6 Å². The van der Waals surface area contributed by atoms with E-state index < -0.39 is 0 Å². The second kappa shape index (κ2) is 3.93. The molecular weight excluding hydrogens is 190 g/mol. The van der Waals surface area contributed by atoms with E-state index in [0.29, 0.717) is 5.92 Å². The maximum atomic E-state index is 4.41. The van der Waals surface area contributed by atoms with Crippen molar-refractivity contribution in [1.82, 2.24) is 4.98 Å². The Morgan fingerprint density at radius 3 is 2.50 bits per heavy atom. The van der Waals surface area contributed by atoms with E-state index in [-0.39, 0.29) is 0 Å². The maximum Gasteiger partial charge on any atom is 0.0801 e. The van der Waals surface area contributed by atoms with Crippen LogP contribution >= 0.6 is 11.3 Å². The fourth-order valence-corrected chi connectivity index (χ4v) is 2.42. The summed E-state index contributed by atoms with van der Waals surface area (Å²) in [6.45, 7) is 4.36. The van der Waals surface area contributed by atoms with E-state index in [1.54, 1.807) is 11.3 Å². The van der Waals surface area contributed by atoms with E-state index in [2.05, 4.69) is 43.1 Å². The summed E-state index contributed by atoms with van der Waals surface area (Å²) in [5.74, 6) is 0.497. The van der Waals surface area contributed by atoms with E-state index in [4.69, 9.17) is 0 Å². The standard InChI is InChI=1S/C12H13NS/c1-9(2)11-12(14-8-13-11)10-6-4-3-5-7-10/h3-9H,1-2H3. The van der Waals surface area contributed by atoms with Gasteiger partial charge in [-0.1, -0.05) is 44.2 Å². The molecular formula is C12H13NS. The molecule has 0 bridgehead atoms. The van der Waals surface area contributed by atoms with Gasteiger partial charge in [0.2, 0.25) is 0 Å². The van der Waals surface area contributed by atoms with Crippen LogP contribution in [-0.2, 0) is 0 Å². The summed E-state index contributed by atoms with van der Waals surface area (Å²) in [6.07, 6.45) is 0. The van der Waals surface area contributed by atoms with Crippen LogP contribution in [0.2, 0.25) is 0 Å². The molecule has 0 saturated carbocycles. The third-order valence-electron chi connectivity index (χ3n) is 2.18. The third-order valence-corrected chi connectivity index (χ3v) is 3.07. The van der Waals surface area contributed by atoms with Crippen molar-refractivity contribution in [1.29, 1.82) is 0 Å². The van der Waals surface area contributed by atoms with E-state index in [0.717, 1.165) is 0 Å². The lowest BCUT2D eigenvalue weighted by atomic mass is 10.1. The SMILES string of the molecule is CC(C)c1ncsc1-c1ccccc1. The molecule has 0 atom stereocenters. The Kier molecular flexibility index (Phi) is 2.64. The Labute approximate surface area is 88.4 Å². The summed E-state index contributed by atoms with van der Waals surface area (Å²) in [7, 11) is 0. The highest BCUT2D eigenvalue weighted by atomic mass is 32.1. The molecule has 1 aromatic carbocycles. The Bertz CT molecular complexity index is 403. The van der Waals surface area contributed by atoms with Gasteiger partial charge in [0.1, 0.15) is 0 Å². The summed E-state index contributed by atoms with van der Waals surface area (Å²) in [5.41, 5.74) is 4.41. The second-order valence-corrected chi connectivity index (χ2v) is 4.44. The number of rotatable bonds is 2. The Morgan fingerprint density at radius 1 is 1.14 bits per heavy atom. The van der Waals surface area contributed by atoms with Crippen LogP contribution in [0, 0.1) is 0 Å². The minimum Gasteiger partial charge on any atom is -0.249 e. The van der Waals surface area contributed by atoms with Crippen molar-refractivity contribution in [3.8, 4) is 10.4 Å². The van der Waals surface area contributed by atoms with Gasteiger partial charge in [-0.05, 0) is 11.5 Å². The summed E-state index contributed by atoms with van der Waals surface area (Å²) in [5, 5.41) is 0. The summed E-state index contributed by atoms with van der Waals surface area (Å²) < 4.78 is 0. The normalized spacial score (nSPS) is 10.8. The van der Waals surface area contributed by atoms with Crippen LogP contribution in [0.3, 0.4) is 0 Å². The molecule has 0 fully saturated rings. The zero-order chi connectivity index (χ0) is 9.97. The second-order valence-electron chi connectivity index (χ2n) is 3.59. The number of benzene rings is 1. The Hall–Kier alpha value is -1.15. The minimum atomic E-state index is 0.497. The molecule has 2 heteroatoms. The molecule has 2 rings (SSSR count). The van der Waals surface area contributed by atoms with Crippen molar-refractivity contribution in [3.05, 3.63) is 41.5 Å². The summed E-state index contributed by atoms with van der Waals surface area (Å²) in [4.78, 5) is 5.72. The fourth-order valence-electron chi connectivity index (χ4n) is 1.47. The first-order valence-electron chi connectivity index (χ1n) is 4.78. The molecule has 0 N–H and O–H groups in total. The van der Waals surface area contributed by atoms with Crippen molar-refractivity contribution >= 4 is 11.3 Å². The van der Waals surface area contributed by atoms with Crippen molar-refractivity contribution in [2.45, 2.75) is 19.8 Å². The first-order chi connectivity index (χ1) is 6.79. The molecule has 0 radical (unpaired) electrons. The lowest BCUT2D eigenvalue weighted by Gasteiger charge is -2.04. The predicted molar refractivity (Wildman–Crippen MR) is 61.6 cm³/mol. The smallest absolute Gasteiger partial charge is 0.0801 e. The van der Waals surface area contributed by atoms with Crippen LogP contribution < -0.4 is 0 Å². The topological polar surface area (TPSA) is 12.9 Å². The molecule has 0 aliphatic carbocycles. The van der Waals surface area contributed by atoms with Crippen molar-refractivity contribution in [3.63, 3.8) is 0 Å². The van der Waals surface area contributed by atoms with E-state index in [9.17, 15) is 0 Å². The fraction of sp³-hybridized carbons (Fsp3) is 0.250.